The van der Waals surface area contributed by atoms with Crippen molar-refractivity contribution in [3.63, 3.8) is 0 Å². The van der Waals surface area contributed by atoms with Gasteiger partial charge in [0.05, 0.1) is 37.4 Å². The zero-order valence-electron chi connectivity index (χ0n) is 18.6. The molecule has 170 valence electrons. The number of hydrogen-bond donors (Lipinski definition) is 1. The van der Waals surface area contributed by atoms with E-state index in [0.717, 1.165) is 4.57 Å². The molecular formula is C22H25N3O7. The number of ether oxygens (including phenoxy) is 3. The molecule has 0 saturated heterocycles. The third-order valence-corrected chi connectivity index (χ3v) is 5.21. The number of anilines is 1. The largest absolute Gasteiger partial charge is 0.497 e. The maximum Gasteiger partial charge on any atom is 0.355 e. The Morgan fingerprint density at radius 3 is 2.12 bits per heavy atom. The van der Waals surface area contributed by atoms with Crippen molar-refractivity contribution in [3.05, 3.63) is 67.5 Å². The average Bonchev–Trinajstić information content (AvgIpc) is 2.80. The van der Waals surface area contributed by atoms with Crippen molar-refractivity contribution in [3.8, 4) is 5.75 Å². The van der Waals surface area contributed by atoms with Crippen molar-refractivity contribution in [2.75, 3.05) is 25.6 Å². The van der Waals surface area contributed by atoms with Crippen molar-refractivity contribution >= 4 is 17.8 Å². The van der Waals surface area contributed by atoms with Gasteiger partial charge in [-0.2, -0.15) is 0 Å². The molecule has 10 nitrogen and oxygen atoms in total. The van der Waals surface area contributed by atoms with Gasteiger partial charge in [0.1, 0.15) is 17.3 Å². The predicted octanol–water partition coefficient (Wildman–Crippen LogP) is 1.03. The average molecular weight is 443 g/mol. The summed E-state index contributed by atoms with van der Waals surface area (Å²) >= 11 is 0. The van der Waals surface area contributed by atoms with Crippen molar-refractivity contribution < 1.29 is 23.8 Å². The number of methoxy groups -OCH3 is 1. The Bertz CT molecular complexity index is 1210. The molecule has 3 rings (SSSR count). The van der Waals surface area contributed by atoms with Crippen LogP contribution in [0.3, 0.4) is 0 Å². The molecular weight excluding hydrogens is 418 g/mol. The highest BCUT2D eigenvalue weighted by Gasteiger charge is 2.41. The summed E-state index contributed by atoms with van der Waals surface area (Å²) in [7, 11) is 4.34. The van der Waals surface area contributed by atoms with Gasteiger partial charge in [0, 0.05) is 14.1 Å². The van der Waals surface area contributed by atoms with Crippen molar-refractivity contribution in [1.29, 1.82) is 0 Å². The number of carbonyl (C=O) groups is 2. The molecule has 2 heterocycles. The smallest absolute Gasteiger partial charge is 0.355 e. The van der Waals surface area contributed by atoms with Gasteiger partial charge in [-0.25, -0.2) is 14.4 Å². The van der Waals surface area contributed by atoms with Gasteiger partial charge < -0.3 is 19.5 Å². The Balaban J connectivity index is 2.42. The van der Waals surface area contributed by atoms with Crippen LogP contribution in [-0.4, -0.2) is 41.4 Å². The molecule has 0 saturated carbocycles. The summed E-state index contributed by atoms with van der Waals surface area (Å²) in [6.07, 6.45) is 0. The van der Waals surface area contributed by atoms with E-state index in [4.69, 9.17) is 14.2 Å². The van der Waals surface area contributed by atoms with Crippen LogP contribution in [0.25, 0.3) is 0 Å². The third-order valence-electron chi connectivity index (χ3n) is 5.21. The number of carbonyl (C=O) groups excluding carboxylic acids is 2. The van der Waals surface area contributed by atoms with Gasteiger partial charge >= 0.3 is 17.6 Å². The molecule has 1 aliphatic heterocycles. The summed E-state index contributed by atoms with van der Waals surface area (Å²) in [5.41, 5.74) is -0.760. The van der Waals surface area contributed by atoms with Crippen LogP contribution in [0.2, 0.25) is 0 Å². The number of rotatable bonds is 6. The summed E-state index contributed by atoms with van der Waals surface area (Å²) in [4.78, 5) is 51.6. The fourth-order valence-electron chi connectivity index (χ4n) is 3.68. The predicted molar refractivity (Wildman–Crippen MR) is 116 cm³/mol. The number of fused-ring (bicyclic) bond motifs is 1. The fraction of sp³-hybridized carbons (Fsp3) is 0.364. The summed E-state index contributed by atoms with van der Waals surface area (Å²) in [5.74, 6) is -1.88. The van der Waals surface area contributed by atoms with E-state index in [-0.39, 0.29) is 35.9 Å². The van der Waals surface area contributed by atoms with E-state index in [9.17, 15) is 19.2 Å². The number of nitrogens with zero attached hydrogens (tertiary/aromatic N) is 2. The van der Waals surface area contributed by atoms with Crippen LogP contribution in [0.15, 0.2) is 45.1 Å². The van der Waals surface area contributed by atoms with E-state index < -0.39 is 29.1 Å². The summed E-state index contributed by atoms with van der Waals surface area (Å²) < 4.78 is 17.7. The topological polar surface area (TPSA) is 118 Å². The Kier molecular flexibility index (Phi) is 6.52. The van der Waals surface area contributed by atoms with Gasteiger partial charge in [0.15, 0.2) is 0 Å². The Morgan fingerprint density at radius 1 is 0.969 bits per heavy atom. The first-order valence-corrected chi connectivity index (χ1v) is 10.1. The van der Waals surface area contributed by atoms with Crippen LogP contribution in [0.4, 0.5) is 5.82 Å². The van der Waals surface area contributed by atoms with E-state index in [1.54, 1.807) is 38.1 Å². The molecule has 1 aromatic carbocycles. The number of nitrogens with one attached hydrogen (secondary N) is 1. The van der Waals surface area contributed by atoms with Gasteiger partial charge in [0.25, 0.3) is 5.56 Å². The maximum atomic E-state index is 13.2. The lowest BCUT2D eigenvalue weighted by Gasteiger charge is -2.31. The maximum absolute atomic E-state index is 13.2. The zero-order chi connectivity index (χ0) is 23.6. The molecule has 1 atom stereocenters. The summed E-state index contributed by atoms with van der Waals surface area (Å²) in [6.45, 7) is 3.39. The monoisotopic (exact) mass is 443 g/mol. The minimum absolute atomic E-state index is 0.0614. The van der Waals surface area contributed by atoms with E-state index in [0.29, 0.717) is 11.3 Å². The zero-order valence-corrected chi connectivity index (χ0v) is 18.6. The van der Waals surface area contributed by atoms with Crippen LogP contribution >= 0.6 is 0 Å². The Hall–Kier alpha value is -3.82. The SMILES string of the molecule is CCOC(=O)C1=C(C(=O)OCC)C(c2ccc(OC)cc2)c2c(n(C)c(=O)n(C)c2=O)N1. The molecule has 0 bridgehead atoms. The molecule has 1 unspecified atom stereocenters. The molecule has 0 fully saturated rings. The highest BCUT2D eigenvalue weighted by molar-refractivity contribution is 6.05. The first-order valence-electron chi connectivity index (χ1n) is 10.1. The highest BCUT2D eigenvalue weighted by atomic mass is 16.5. The molecule has 0 amide bonds. The first kappa shape index (κ1) is 22.9. The Labute approximate surface area is 184 Å². The standard InChI is InChI=1S/C22H25N3O7/c1-6-31-20(27)15-14(12-8-10-13(30-5)11-9-12)16-18(23-17(15)21(28)32-7-2)24(3)22(29)25(4)19(16)26/h8-11,14,23H,6-7H2,1-5H3. The molecule has 2 aromatic rings. The molecule has 0 spiro atoms. The van der Waals surface area contributed by atoms with Crippen LogP contribution in [-0.2, 0) is 33.2 Å². The second-order valence-corrected chi connectivity index (χ2v) is 7.03. The number of aromatic nitrogens is 2. The van der Waals surface area contributed by atoms with Crippen LogP contribution in [0.1, 0.15) is 30.9 Å². The van der Waals surface area contributed by atoms with E-state index in [1.165, 1.54) is 25.8 Å². The lowest BCUT2D eigenvalue weighted by atomic mass is 9.82. The number of benzene rings is 1. The molecule has 0 radical (unpaired) electrons. The number of esters is 2. The third kappa shape index (κ3) is 3.79. The van der Waals surface area contributed by atoms with Gasteiger partial charge in [-0.15, -0.1) is 0 Å². The molecule has 1 N–H and O–H groups in total. The second-order valence-electron chi connectivity index (χ2n) is 7.03. The van der Waals surface area contributed by atoms with E-state index >= 15 is 0 Å². The fourth-order valence-corrected chi connectivity index (χ4v) is 3.68. The molecule has 10 heteroatoms. The Morgan fingerprint density at radius 2 is 1.56 bits per heavy atom. The number of hydrogen-bond acceptors (Lipinski definition) is 8. The second kappa shape index (κ2) is 9.13. The summed E-state index contributed by atoms with van der Waals surface area (Å²) in [5, 5.41) is 2.80. The van der Waals surface area contributed by atoms with Crippen LogP contribution in [0.5, 0.6) is 5.75 Å². The van der Waals surface area contributed by atoms with Crippen LogP contribution in [0, 0.1) is 0 Å². The van der Waals surface area contributed by atoms with Gasteiger partial charge in [0.2, 0.25) is 0 Å². The van der Waals surface area contributed by atoms with Gasteiger partial charge in [-0.05, 0) is 31.5 Å². The molecule has 32 heavy (non-hydrogen) atoms. The molecule has 1 aromatic heterocycles. The van der Waals surface area contributed by atoms with Gasteiger partial charge in [-0.3, -0.25) is 13.9 Å². The van der Waals surface area contributed by atoms with Crippen LogP contribution < -0.4 is 21.3 Å². The van der Waals surface area contributed by atoms with E-state index in [1.807, 2.05) is 0 Å². The van der Waals surface area contributed by atoms with E-state index in [2.05, 4.69) is 5.32 Å². The summed E-state index contributed by atoms with van der Waals surface area (Å²) in [6, 6.07) is 6.73. The quantitative estimate of drug-likeness (QED) is 0.658. The minimum atomic E-state index is -0.985. The lowest BCUT2D eigenvalue weighted by molar-refractivity contribution is -0.142. The van der Waals surface area contributed by atoms with Gasteiger partial charge in [-0.1, -0.05) is 12.1 Å². The molecule has 1 aliphatic rings. The van der Waals surface area contributed by atoms with Crippen molar-refractivity contribution in [1.82, 2.24) is 9.13 Å². The molecule has 0 aliphatic carbocycles. The lowest BCUT2D eigenvalue weighted by Crippen LogP contribution is -2.44. The first-order chi connectivity index (χ1) is 15.3. The minimum Gasteiger partial charge on any atom is -0.497 e. The normalized spacial score (nSPS) is 15.0. The van der Waals surface area contributed by atoms with Crippen molar-refractivity contribution in [2.24, 2.45) is 14.1 Å². The van der Waals surface area contributed by atoms with Crippen molar-refractivity contribution in [2.45, 2.75) is 19.8 Å². The highest BCUT2D eigenvalue weighted by Crippen LogP contribution is 2.40.